The largest absolute Gasteiger partial charge is 0.335 e. The van der Waals surface area contributed by atoms with Gasteiger partial charge in [-0.25, -0.2) is 0 Å². The highest BCUT2D eigenvalue weighted by Gasteiger charge is 2.15. The predicted molar refractivity (Wildman–Crippen MR) is 64.6 cm³/mol. The molecule has 0 spiro atoms. The van der Waals surface area contributed by atoms with E-state index in [0.717, 1.165) is 0 Å². The average molecular weight is 253 g/mol. The van der Waals surface area contributed by atoms with Crippen LogP contribution in [-0.4, -0.2) is 14.7 Å². The van der Waals surface area contributed by atoms with Crippen LogP contribution >= 0.6 is 11.6 Å². The summed E-state index contributed by atoms with van der Waals surface area (Å²) in [6.07, 6.45) is 1.60. The highest BCUT2D eigenvalue weighted by Crippen LogP contribution is 2.29. The lowest BCUT2D eigenvalue weighted by atomic mass is 10.2. The maximum atomic E-state index is 10.9. The summed E-state index contributed by atoms with van der Waals surface area (Å²) in [7, 11) is 1.74. The van der Waals surface area contributed by atoms with Gasteiger partial charge in [-0.3, -0.25) is 14.8 Å². The Morgan fingerprint density at radius 3 is 2.82 bits per heavy atom. The van der Waals surface area contributed by atoms with Crippen LogP contribution < -0.4 is 5.32 Å². The minimum absolute atomic E-state index is 0.0706. The SMILES string of the molecule is Cn1nccc1Nc1ccc(Cl)cc1[N+](=O)[O-]. The fourth-order valence-corrected chi connectivity index (χ4v) is 1.56. The standard InChI is InChI=1S/C10H9ClN4O2/c1-14-10(4-5-12-14)13-8-3-2-7(11)6-9(8)15(16)17/h2-6,13H,1H3. The molecule has 0 aliphatic carbocycles. The lowest BCUT2D eigenvalue weighted by molar-refractivity contribution is -0.383. The third-order valence-corrected chi connectivity index (χ3v) is 2.48. The Morgan fingerprint density at radius 2 is 2.24 bits per heavy atom. The van der Waals surface area contributed by atoms with Gasteiger partial charge >= 0.3 is 0 Å². The fourth-order valence-electron chi connectivity index (χ4n) is 1.40. The first-order valence-electron chi connectivity index (χ1n) is 4.77. The van der Waals surface area contributed by atoms with Gasteiger partial charge in [0.2, 0.25) is 0 Å². The minimum Gasteiger partial charge on any atom is -0.335 e. The lowest BCUT2D eigenvalue weighted by Gasteiger charge is -2.07. The van der Waals surface area contributed by atoms with Crippen molar-refractivity contribution in [1.82, 2.24) is 9.78 Å². The van der Waals surface area contributed by atoms with Gasteiger partial charge < -0.3 is 5.32 Å². The molecule has 2 rings (SSSR count). The molecule has 88 valence electrons. The molecule has 0 aliphatic rings. The number of nitro groups is 1. The van der Waals surface area contributed by atoms with Gasteiger partial charge in [0.15, 0.2) is 0 Å². The van der Waals surface area contributed by atoms with Crippen molar-refractivity contribution in [2.75, 3.05) is 5.32 Å². The highest BCUT2D eigenvalue weighted by molar-refractivity contribution is 6.30. The van der Waals surface area contributed by atoms with E-state index in [1.165, 1.54) is 6.07 Å². The molecular formula is C10H9ClN4O2. The van der Waals surface area contributed by atoms with E-state index < -0.39 is 4.92 Å². The van der Waals surface area contributed by atoms with Crippen LogP contribution in [0.4, 0.5) is 17.2 Å². The van der Waals surface area contributed by atoms with Crippen molar-refractivity contribution >= 4 is 28.8 Å². The van der Waals surface area contributed by atoms with Gasteiger partial charge in [-0.2, -0.15) is 5.10 Å². The summed E-state index contributed by atoms with van der Waals surface area (Å²) in [6.45, 7) is 0. The maximum absolute atomic E-state index is 10.9. The molecule has 0 amide bonds. The van der Waals surface area contributed by atoms with Gasteiger partial charge in [-0.05, 0) is 12.1 Å². The Balaban J connectivity index is 2.39. The molecular weight excluding hydrogens is 244 g/mol. The number of hydrogen-bond acceptors (Lipinski definition) is 4. The Bertz CT molecular complexity index is 567. The molecule has 0 saturated carbocycles. The van der Waals surface area contributed by atoms with Crippen LogP contribution in [0.1, 0.15) is 0 Å². The summed E-state index contributed by atoms with van der Waals surface area (Å²) < 4.78 is 1.58. The molecule has 0 saturated heterocycles. The number of nitrogens with zero attached hydrogens (tertiary/aromatic N) is 3. The zero-order chi connectivity index (χ0) is 12.4. The third-order valence-electron chi connectivity index (χ3n) is 2.24. The Hall–Kier alpha value is -2.08. The number of rotatable bonds is 3. The molecule has 0 unspecified atom stereocenters. The Kier molecular flexibility index (Phi) is 2.97. The normalized spacial score (nSPS) is 10.2. The zero-order valence-electron chi connectivity index (χ0n) is 8.92. The van der Waals surface area contributed by atoms with Crippen molar-refractivity contribution in [3.8, 4) is 0 Å². The van der Waals surface area contributed by atoms with E-state index >= 15 is 0 Å². The number of benzene rings is 1. The highest BCUT2D eigenvalue weighted by atomic mass is 35.5. The number of aromatic nitrogens is 2. The van der Waals surface area contributed by atoms with E-state index in [2.05, 4.69) is 10.4 Å². The summed E-state index contributed by atoms with van der Waals surface area (Å²) in [6, 6.07) is 6.18. The van der Waals surface area contributed by atoms with Crippen LogP contribution in [0.3, 0.4) is 0 Å². The van der Waals surface area contributed by atoms with E-state index in [1.807, 2.05) is 0 Å². The van der Waals surface area contributed by atoms with Crippen molar-refractivity contribution in [2.45, 2.75) is 0 Å². The van der Waals surface area contributed by atoms with Crippen LogP contribution in [0.2, 0.25) is 5.02 Å². The molecule has 17 heavy (non-hydrogen) atoms. The first-order valence-corrected chi connectivity index (χ1v) is 5.14. The van der Waals surface area contributed by atoms with Crippen molar-refractivity contribution < 1.29 is 4.92 Å². The second-order valence-corrected chi connectivity index (χ2v) is 3.82. The van der Waals surface area contributed by atoms with Gasteiger partial charge in [-0.15, -0.1) is 0 Å². The zero-order valence-corrected chi connectivity index (χ0v) is 9.68. The molecule has 6 nitrogen and oxygen atoms in total. The lowest BCUT2D eigenvalue weighted by Crippen LogP contribution is -2.01. The van der Waals surface area contributed by atoms with Crippen molar-refractivity contribution in [3.05, 3.63) is 45.6 Å². The van der Waals surface area contributed by atoms with Gasteiger partial charge in [0.25, 0.3) is 5.69 Å². The van der Waals surface area contributed by atoms with Crippen LogP contribution in [0, 0.1) is 10.1 Å². The second kappa shape index (κ2) is 4.42. The molecule has 0 fully saturated rings. The quantitative estimate of drug-likeness (QED) is 0.673. The minimum atomic E-state index is -0.482. The summed E-state index contributed by atoms with van der Waals surface area (Å²) >= 11 is 5.72. The van der Waals surface area contributed by atoms with E-state index in [9.17, 15) is 10.1 Å². The van der Waals surface area contributed by atoms with E-state index in [1.54, 1.807) is 36.1 Å². The molecule has 1 N–H and O–H groups in total. The van der Waals surface area contributed by atoms with Gasteiger partial charge in [0, 0.05) is 24.2 Å². The molecule has 2 aromatic rings. The molecule has 1 aromatic carbocycles. The van der Waals surface area contributed by atoms with Gasteiger partial charge in [0.05, 0.1) is 11.1 Å². The van der Waals surface area contributed by atoms with Crippen LogP contribution in [0.15, 0.2) is 30.5 Å². The molecule has 1 aromatic heterocycles. The van der Waals surface area contributed by atoms with Crippen molar-refractivity contribution in [1.29, 1.82) is 0 Å². The fraction of sp³-hybridized carbons (Fsp3) is 0.100. The maximum Gasteiger partial charge on any atom is 0.294 e. The summed E-state index contributed by atoms with van der Waals surface area (Å²) in [5.41, 5.74) is 0.307. The van der Waals surface area contributed by atoms with Crippen molar-refractivity contribution in [2.24, 2.45) is 7.05 Å². The topological polar surface area (TPSA) is 73.0 Å². The monoisotopic (exact) mass is 252 g/mol. The predicted octanol–water partition coefficient (Wildman–Crippen LogP) is 2.73. The number of halogens is 1. The van der Waals surface area contributed by atoms with Gasteiger partial charge in [0.1, 0.15) is 11.5 Å². The van der Waals surface area contributed by atoms with E-state index in [-0.39, 0.29) is 5.69 Å². The second-order valence-electron chi connectivity index (χ2n) is 3.38. The van der Waals surface area contributed by atoms with Crippen LogP contribution in [0.25, 0.3) is 0 Å². The molecule has 0 aliphatic heterocycles. The number of nitro benzene ring substituents is 1. The molecule has 7 heteroatoms. The molecule has 1 heterocycles. The number of aryl methyl sites for hydroxylation is 1. The first-order chi connectivity index (χ1) is 8.08. The summed E-state index contributed by atoms with van der Waals surface area (Å²) in [5, 5.41) is 18.1. The first kappa shape index (κ1) is 11.4. The molecule has 0 bridgehead atoms. The smallest absolute Gasteiger partial charge is 0.294 e. The molecule has 0 atom stereocenters. The summed E-state index contributed by atoms with van der Waals surface area (Å²) in [4.78, 5) is 10.4. The Morgan fingerprint density at radius 1 is 1.47 bits per heavy atom. The third kappa shape index (κ3) is 2.36. The van der Waals surface area contributed by atoms with Crippen LogP contribution in [-0.2, 0) is 7.05 Å². The average Bonchev–Trinajstić information content (AvgIpc) is 2.67. The van der Waals surface area contributed by atoms with E-state index in [0.29, 0.717) is 16.5 Å². The van der Waals surface area contributed by atoms with Gasteiger partial charge in [-0.1, -0.05) is 11.6 Å². The summed E-state index contributed by atoms with van der Waals surface area (Å²) in [5.74, 6) is 0.662. The number of anilines is 2. The Labute approximate surface area is 102 Å². The van der Waals surface area contributed by atoms with Crippen LogP contribution in [0.5, 0.6) is 0 Å². The number of nitrogens with one attached hydrogen (secondary N) is 1. The van der Waals surface area contributed by atoms with Crippen molar-refractivity contribution in [3.63, 3.8) is 0 Å². The molecule has 0 radical (unpaired) electrons. The van der Waals surface area contributed by atoms with E-state index in [4.69, 9.17) is 11.6 Å². The number of hydrogen-bond donors (Lipinski definition) is 1.